The van der Waals surface area contributed by atoms with Gasteiger partial charge in [-0.1, -0.05) is 18.2 Å². The number of para-hydroxylation sites is 1. The Balaban J connectivity index is 2.69. The molecule has 20 heavy (non-hydrogen) atoms. The number of nitrogens with two attached hydrogens (primary N) is 1. The van der Waals surface area contributed by atoms with Crippen molar-refractivity contribution in [1.29, 1.82) is 0 Å². The van der Waals surface area contributed by atoms with E-state index in [9.17, 15) is 9.59 Å². The van der Waals surface area contributed by atoms with Gasteiger partial charge in [-0.25, -0.2) is 0 Å². The Kier molecular flexibility index (Phi) is 4.20. The minimum Gasteiger partial charge on any atom is -0.355 e. The van der Waals surface area contributed by atoms with E-state index in [2.05, 4.69) is 5.32 Å². The molecule has 1 aromatic carbocycles. The molecule has 1 atom stereocenters. The van der Waals surface area contributed by atoms with E-state index in [-0.39, 0.29) is 18.0 Å². The van der Waals surface area contributed by atoms with Gasteiger partial charge in [0.05, 0.1) is 5.52 Å². The SMILES string of the molecule is CCNC(=O)C(C)n1c(=O)c(CN)cc2ccccc21. The van der Waals surface area contributed by atoms with Crippen LogP contribution in [0, 0.1) is 0 Å². The maximum Gasteiger partial charge on any atom is 0.256 e. The summed E-state index contributed by atoms with van der Waals surface area (Å²) in [6.07, 6.45) is 0. The first-order chi connectivity index (χ1) is 9.60. The summed E-state index contributed by atoms with van der Waals surface area (Å²) in [4.78, 5) is 24.5. The number of amides is 1. The lowest BCUT2D eigenvalue weighted by Crippen LogP contribution is -2.37. The van der Waals surface area contributed by atoms with Crippen molar-refractivity contribution in [2.75, 3.05) is 6.54 Å². The van der Waals surface area contributed by atoms with Crippen molar-refractivity contribution >= 4 is 16.8 Å². The number of pyridine rings is 1. The van der Waals surface area contributed by atoms with E-state index in [1.54, 1.807) is 13.0 Å². The van der Waals surface area contributed by atoms with Crippen molar-refractivity contribution in [3.8, 4) is 0 Å². The smallest absolute Gasteiger partial charge is 0.256 e. The van der Waals surface area contributed by atoms with E-state index in [0.717, 1.165) is 10.9 Å². The fourth-order valence-electron chi connectivity index (χ4n) is 2.31. The first-order valence-corrected chi connectivity index (χ1v) is 6.71. The summed E-state index contributed by atoms with van der Waals surface area (Å²) in [5, 5.41) is 3.65. The Morgan fingerprint density at radius 3 is 2.75 bits per heavy atom. The molecule has 0 saturated carbocycles. The molecule has 0 aliphatic carbocycles. The van der Waals surface area contributed by atoms with Gasteiger partial charge in [0.25, 0.3) is 5.56 Å². The van der Waals surface area contributed by atoms with Crippen LogP contribution >= 0.6 is 0 Å². The number of likely N-dealkylation sites (N-methyl/N-ethyl adjacent to an activating group) is 1. The van der Waals surface area contributed by atoms with Gasteiger partial charge in [0.2, 0.25) is 5.91 Å². The molecule has 0 spiro atoms. The molecule has 3 N–H and O–H groups in total. The van der Waals surface area contributed by atoms with Gasteiger partial charge in [-0.15, -0.1) is 0 Å². The fraction of sp³-hybridized carbons (Fsp3) is 0.333. The summed E-state index contributed by atoms with van der Waals surface area (Å²) in [6, 6.07) is 8.72. The zero-order chi connectivity index (χ0) is 14.7. The summed E-state index contributed by atoms with van der Waals surface area (Å²) in [7, 11) is 0. The fourth-order valence-corrected chi connectivity index (χ4v) is 2.31. The monoisotopic (exact) mass is 273 g/mol. The Morgan fingerprint density at radius 1 is 1.40 bits per heavy atom. The summed E-state index contributed by atoms with van der Waals surface area (Å²) in [5.74, 6) is -0.172. The maximum atomic E-state index is 12.5. The number of rotatable bonds is 4. The molecule has 1 aromatic heterocycles. The van der Waals surface area contributed by atoms with Crippen LogP contribution in [0.1, 0.15) is 25.5 Å². The molecule has 5 heteroatoms. The molecule has 0 bridgehead atoms. The maximum absolute atomic E-state index is 12.5. The number of benzene rings is 1. The number of nitrogens with one attached hydrogen (secondary N) is 1. The van der Waals surface area contributed by atoms with Crippen LogP contribution in [0.25, 0.3) is 10.9 Å². The van der Waals surface area contributed by atoms with Crippen molar-refractivity contribution in [3.05, 3.63) is 46.2 Å². The third kappa shape index (κ3) is 2.44. The zero-order valence-corrected chi connectivity index (χ0v) is 11.7. The van der Waals surface area contributed by atoms with Gasteiger partial charge < -0.3 is 11.1 Å². The number of fused-ring (bicyclic) bond motifs is 1. The van der Waals surface area contributed by atoms with Crippen molar-refractivity contribution in [2.24, 2.45) is 5.73 Å². The number of carbonyl (C=O) groups excluding carboxylic acids is 1. The molecule has 1 unspecified atom stereocenters. The van der Waals surface area contributed by atoms with Crippen LogP contribution in [0.15, 0.2) is 35.1 Å². The number of nitrogens with zero attached hydrogens (tertiary/aromatic N) is 1. The average molecular weight is 273 g/mol. The second-order valence-corrected chi connectivity index (χ2v) is 4.68. The molecule has 0 radical (unpaired) electrons. The van der Waals surface area contributed by atoms with Crippen LogP contribution < -0.4 is 16.6 Å². The molecule has 0 aliphatic rings. The molecule has 1 amide bonds. The number of hydrogen-bond acceptors (Lipinski definition) is 3. The van der Waals surface area contributed by atoms with Crippen LogP contribution in [-0.2, 0) is 11.3 Å². The van der Waals surface area contributed by atoms with E-state index < -0.39 is 6.04 Å². The van der Waals surface area contributed by atoms with Gasteiger partial charge in [0, 0.05) is 18.7 Å². The lowest BCUT2D eigenvalue weighted by atomic mass is 10.1. The zero-order valence-electron chi connectivity index (χ0n) is 11.7. The van der Waals surface area contributed by atoms with Crippen molar-refractivity contribution in [3.63, 3.8) is 0 Å². The summed E-state index contributed by atoms with van der Waals surface area (Å²) >= 11 is 0. The van der Waals surface area contributed by atoms with Gasteiger partial charge in [-0.2, -0.15) is 0 Å². The van der Waals surface area contributed by atoms with Crippen molar-refractivity contribution in [1.82, 2.24) is 9.88 Å². The first kappa shape index (κ1) is 14.3. The lowest BCUT2D eigenvalue weighted by molar-refractivity contribution is -0.123. The highest BCUT2D eigenvalue weighted by atomic mass is 16.2. The molecule has 5 nitrogen and oxygen atoms in total. The minimum absolute atomic E-state index is 0.159. The molecular weight excluding hydrogens is 254 g/mol. The van der Waals surface area contributed by atoms with Gasteiger partial charge >= 0.3 is 0 Å². The highest BCUT2D eigenvalue weighted by molar-refractivity contribution is 5.85. The molecule has 2 rings (SSSR count). The molecule has 0 fully saturated rings. The van der Waals surface area contributed by atoms with Gasteiger partial charge in [-0.05, 0) is 31.4 Å². The summed E-state index contributed by atoms with van der Waals surface area (Å²) in [6.45, 7) is 4.26. The Bertz CT molecular complexity index is 691. The highest BCUT2D eigenvalue weighted by Gasteiger charge is 2.19. The second-order valence-electron chi connectivity index (χ2n) is 4.68. The van der Waals surface area contributed by atoms with Crippen LogP contribution in [0.4, 0.5) is 0 Å². The largest absolute Gasteiger partial charge is 0.355 e. The minimum atomic E-state index is -0.571. The van der Waals surface area contributed by atoms with Crippen molar-refractivity contribution in [2.45, 2.75) is 26.4 Å². The number of carbonyl (C=O) groups is 1. The third-order valence-electron chi connectivity index (χ3n) is 3.36. The number of hydrogen-bond donors (Lipinski definition) is 2. The van der Waals surface area contributed by atoms with E-state index >= 15 is 0 Å². The molecule has 0 saturated heterocycles. The van der Waals surface area contributed by atoms with E-state index in [4.69, 9.17) is 5.73 Å². The predicted octanol–water partition coefficient (Wildman–Crippen LogP) is 1.16. The molecule has 1 heterocycles. The van der Waals surface area contributed by atoms with Crippen LogP contribution in [0.5, 0.6) is 0 Å². The second kappa shape index (κ2) is 5.88. The number of aromatic nitrogens is 1. The molecule has 106 valence electrons. The Morgan fingerprint density at radius 2 is 2.10 bits per heavy atom. The predicted molar refractivity (Wildman–Crippen MR) is 79.5 cm³/mol. The normalized spacial score (nSPS) is 12.3. The Hall–Kier alpha value is -2.14. The average Bonchev–Trinajstić information content (AvgIpc) is 2.46. The van der Waals surface area contributed by atoms with Crippen LogP contribution in [0.3, 0.4) is 0 Å². The van der Waals surface area contributed by atoms with Crippen molar-refractivity contribution < 1.29 is 4.79 Å². The van der Waals surface area contributed by atoms with E-state index in [1.165, 1.54) is 4.57 Å². The molecule has 2 aromatic rings. The lowest BCUT2D eigenvalue weighted by Gasteiger charge is -2.18. The third-order valence-corrected chi connectivity index (χ3v) is 3.36. The van der Waals surface area contributed by atoms with E-state index in [1.807, 2.05) is 31.2 Å². The summed E-state index contributed by atoms with van der Waals surface area (Å²) in [5.41, 5.74) is 6.69. The van der Waals surface area contributed by atoms with Gasteiger partial charge in [0.15, 0.2) is 0 Å². The first-order valence-electron chi connectivity index (χ1n) is 6.71. The topological polar surface area (TPSA) is 77.1 Å². The molecule has 0 aliphatic heterocycles. The summed E-state index contributed by atoms with van der Waals surface area (Å²) < 4.78 is 1.52. The van der Waals surface area contributed by atoms with Gasteiger partial charge in [0.1, 0.15) is 6.04 Å². The van der Waals surface area contributed by atoms with Crippen LogP contribution in [-0.4, -0.2) is 17.0 Å². The Labute approximate surface area is 117 Å². The van der Waals surface area contributed by atoms with E-state index in [0.29, 0.717) is 12.1 Å². The molecular formula is C15H19N3O2. The van der Waals surface area contributed by atoms with Gasteiger partial charge in [-0.3, -0.25) is 14.2 Å². The van der Waals surface area contributed by atoms with Crippen LogP contribution in [0.2, 0.25) is 0 Å². The quantitative estimate of drug-likeness (QED) is 0.877. The highest BCUT2D eigenvalue weighted by Crippen LogP contribution is 2.17. The standard InChI is InChI=1S/C15H19N3O2/c1-3-17-14(19)10(2)18-13-7-5-4-6-11(13)8-12(9-16)15(18)20/h4-8,10H,3,9,16H2,1-2H3,(H,17,19).